The lowest BCUT2D eigenvalue weighted by atomic mass is 10.2. The lowest BCUT2D eigenvalue weighted by Crippen LogP contribution is -2.52. The summed E-state index contributed by atoms with van der Waals surface area (Å²) in [5, 5.41) is 13.5. The molecular formula is C23H33N5O2. The zero-order valence-corrected chi connectivity index (χ0v) is 18.0. The van der Waals surface area contributed by atoms with Gasteiger partial charge in [-0.2, -0.15) is 0 Å². The summed E-state index contributed by atoms with van der Waals surface area (Å²) in [4.78, 5) is 21.3. The molecule has 2 aromatic rings. The summed E-state index contributed by atoms with van der Waals surface area (Å²) in [7, 11) is 0. The van der Waals surface area contributed by atoms with Crippen molar-refractivity contribution in [3.63, 3.8) is 0 Å². The summed E-state index contributed by atoms with van der Waals surface area (Å²) in [6, 6.07) is 12.9. The Balaban J connectivity index is 1.50. The van der Waals surface area contributed by atoms with Gasteiger partial charge in [-0.05, 0) is 44.9 Å². The average molecular weight is 412 g/mol. The van der Waals surface area contributed by atoms with E-state index in [-0.39, 0.29) is 5.56 Å². The Bertz CT molecular complexity index is 900. The fourth-order valence-corrected chi connectivity index (χ4v) is 3.79. The third-order valence-corrected chi connectivity index (χ3v) is 5.46. The molecule has 0 bridgehead atoms. The quantitative estimate of drug-likeness (QED) is 0.416. The maximum atomic E-state index is 12.0. The number of nitrogens with zero attached hydrogens (tertiary/aromatic N) is 4. The van der Waals surface area contributed by atoms with Crippen LogP contribution in [0.25, 0.3) is 0 Å². The van der Waals surface area contributed by atoms with Gasteiger partial charge < -0.3 is 24.8 Å². The second-order valence-electron chi connectivity index (χ2n) is 7.56. The summed E-state index contributed by atoms with van der Waals surface area (Å²) in [5.74, 6) is 1.28. The molecule has 3 rings (SSSR count). The van der Waals surface area contributed by atoms with E-state index < -0.39 is 0 Å². The minimum atomic E-state index is 0.0640. The second-order valence-corrected chi connectivity index (χ2v) is 7.56. The highest BCUT2D eigenvalue weighted by atomic mass is 16.3. The molecule has 0 amide bonds. The van der Waals surface area contributed by atoms with Crippen LogP contribution in [0.3, 0.4) is 0 Å². The first-order valence-corrected chi connectivity index (χ1v) is 10.8. The summed E-state index contributed by atoms with van der Waals surface area (Å²) in [6.45, 7) is 9.76. The Morgan fingerprint density at radius 1 is 1.07 bits per heavy atom. The van der Waals surface area contributed by atoms with Crippen LogP contribution in [0.15, 0.2) is 52.3 Å². The molecule has 1 saturated heterocycles. The number of aromatic nitrogens is 1. The first kappa shape index (κ1) is 21.7. The predicted molar refractivity (Wildman–Crippen MR) is 123 cm³/mol. The Morgan fingerprint density at radius 3 is 2.53 bits per heavy atom. The average Bonchev–Trinajstić information content (AvgIpc) is 2.75. The van der Waals surface area contributed by atoms with Crippen molar-refractivity contribution in [2.24, 2.45) is 4.99 Å². The number of aryl methyl sites for hydroxylation is 1. The highest BCUT2D eigenvalue weighted by Gasteiger charge is 2.21. The Morgan fingerprint density at radius 2 is 1.83 bits per heavy atom. The molecule has 1 aromatic carbocycles. The van der Waals surface area contributed by atoms with E-state index in [4.69, 9.17) is 4.99 Å². The molecular weight excluding hydrogens is 378 g/mol. The van der Waals surface area contributed by atoms with Gasteiger partial charge in [0.2, 0.25) is 0 Å². The number of piperazine rings is 1. The largest absolute Gasteiger partial charge is 0.506 e. The number of rotatable bonds is 7. The third-order valence-electron chi connectivity index (χ3n) is 5.46. The molecule has 1 aliphatic heterocycles. The van der Waals surface area contributed by atoms with Gasteiger partial charge in [-0.1, -0.05) is 18.2 Å². The molecule has 0 saturated carbocycles. The number of pyridine rings is 1. The second kappa shape index (κ2) is 10.7. The van der Waals surface area contributed by atoms with Crippen LogP contribution in [0.2, 0.25) is 0 Å². The highest BCUT2D eigenvalue weighted by molar-refractivity contribution is 5.80. The molecule has 1 aromatic heterocycles. The first-order valence-electron chi connectivity index (χ1n) is 10.8. The van der Waals surface area contributed by atoms with Crippen LogP contribution >= 0.6 is 0 Å². The number of para-hydroxylation sites is 2. The number of anilines is 1. The van der Waals surface area contributed by atoms with Gasteiger partial charge in [0, 0.05) is 57.6 Å². The summed E-state index contributed by atoms with van der Waals surface area (Å²) < 4.78 is 1.83. The number of benzene rings is 1. The van der Waals surface area contributed by atoms with Crippen molar-refractivity contribution in [1.29, 1.82) is 0 Å². The number of aliphatic imine (C=N–C) groups is 1. The van der Waals surface area contributed by atoms with Crippen molar-refractivity contribution in [1.82, 2.24) is 14.8 Å². The maximum absolute atomic E-state index is 12.0. The van der Waals surface area contributed by atoms with Crippen molar-refractivity contribution in [3.8, 4) is 5.75 Å². The topological polar surface area (TPSA) is 73.1 Å². The lowest BCUT2D eigenvalue weighted by Gasteiger charge is -2.37. The maximum Gasteiger partial charge on any atom is 0.250 e. The molecule has 30 heavy (non-hydrogen) atoms. The smallest absolute Gasteiger partial charge is 0.250 e. The van der Waals surface area contributed by atoms with Crippen LogP contribution in [0.1, 0.15) is 25.5 Å². The molecule has 0 unspecified atom stereocenters. The summed E-state index contributed by atoms with van der Waals surface area (Å²) >= 11 is 0. The summed E-state index contributed by atoms with van der Waals surface area (Å²) in [5.41, 5.74) is 1.96. The molecule has 7 heteroatoms. The van der Waals surface area contributed by atoms with Crippen molar-refractivity contribution in [2.75, 3.05) is 44.2 Å². The fraction of sp³-hybridized carbons (Fsp3) is 0.478. The number of nitrogens with one attached hydrogen (secondary N) is 1. The van der Waals surface area contributed by atoms with Crippen LogP contribution in [-0.2, 0) is 6.54 Å². The Hall–Kier alpha value is -2.96. The molecule has 7 nitrogen and oxygen atoms in total. The van der Waals surface area contributed by atoms with Gasteiger partial charge in [0.25, 0.3) is 5.56 Å². The van der Waals surface area contributed by atoms with E-state index in [0.717, 1.165) is 76.0 Å². The molecule has 2 heterocycles. The molecule has 0 aliphatic carbocycles. The first-order chi connectivity index (χ1) is 14.6. The van der Waals surface area contributed by atoms with Crippen molar-refractivity contribution < 1.29 is 5.11 Å². The number of unbranched alkanes of at least 4 members (excludes halogenated alkanes) is 1. The van der Waals surface area contributed by atoms with E-state index in [1.165, 1.54) is 0 Å². The van der Waals surface area contributed by atoms with Crippen LogP contribution in [0.4, 0.5) is 5.69 Å². The molecule has 1 fully saturated rings. The molecule has 162 valence electrons. The standard InChI is InChI=1S/C23H33N5O2/c1-3-24-23(25-13-6-7-14-28-19(2)9-8-12-22(28)30)27-17-15-26(16-18-27)20-10-4-5-11-21(20)29/h4-5,8-12,29H,3,6-7,13-18H2,1-2H3,(H,24,25). The van der Waals surface area contributed by atoms with Gasteiger partial charge in [-0.3, -0.25) is 9.79 Å². The van der Waals surface area contributed by atoms with Crippen LogP contribution in [0, 0.1) is 6.92 Å². The highest BCUT2D eigenvalue weighted by Crippen LogP contribution is 2.27. The Kier molecular flexibility index (Phi) is 7.76. The summed E-state index contributed by atoms with van der Waals surface area (Å²) in [6.07, 6.45) is 1.86. The van der Waals surface area contributed by atoms with E-state index in [9.17, 15) is 9.90 Å². The minimum Gasteiger partial charge on any atom is -0.506 e. The minimum absolute atomic E-state index is 0.0640. The monoisotopic (exact) mass is 411 g/mol. The van der Waals surface area contributed by atoms with E-state index in [2.05, 4.69) is 22.0 Å². The molecule has 0 spiro atoms. The predicted octanol–water partition coefficient (Wildman–Crippen LogP) is 2.43. The zero-order chi connectivity index (χ0) is 21.3. The van der Waals surface area contributed by atoms with Crippen molar-refractivity contribution >= 4 is 11.6 Å². The molecule has 1 aliphatic rings. The molecule has 2 N–H and O–H groups in total. The number of hydrogen-bond acceptors (Lipinski definition) is 4. The van der Waals surface area contributed by atoms with Gasteiger partial charge >= 0.3 is 0 Å². The van der Waals surface area contributed by atoms with Crippen molar-refractivity contribution in [2.45, 2.75) is 33.2 Å². The SMILES string of the molecule is CCNC(=NCCCCn1c(C)cccc1=O)N1CCN(c2ccccc2O)CC1. The van der Waals surface area contributed by atoms with E-state index >= 15 is 0 Å². The fourth-order valence-electron chi connectivity index (χ4n) is 3.79. The zero-order valence-electron chi connectivity index (χ0n) is 18.0. The van der Waals surface area contributed by atoms with Crippen LogP contribution in [-0.4, -0.2) is 59.8 Å². The molecule has 0 radical (unpaired) electrons. The van der Waals surface area contributed by atoms with E-state index in [1.807, 2.05) is 35.8 Å². The van der Waals surface area contributed by atoms with E-state index in [1.54, 1.807) is 18.2 Å². The van der Waals surface area contributed by atoms with Crippen LogP contribution in [0.5, 0.6) is 5.75 Å². The van der Waals surface area contributed by atoms with Gasteiger partial charge in [-0.15, -0.1) is 0 Å². The van der Waals surface area contributed by atoms with Crippen molar-refractivity contribution in [3.05, 3.63) is 58.5 Å². The number of guanidine groups is 1. The van der Waals surface area contributed by atoms with Gasteiger partial charge in [0.1, 0.15) is 5.75 Å². The Labute approximate surface area is 178 Å². The van der Waals surface area contributed by atoms with E-state index in [0.29, 0.717) is 5.75 Å². The normalized spacial score (nSPS) is 14.8. The number of phenols is 1. The molecule has 0 atom stereocenters. The third kappa shape index (κ3) is 5.55. The van der Waals surface area contributed by atoms with Gasteiger partial charge in [-0.25, -0.2) is 0 Å². The number of hydrogen-bond donors (Lipinski definition) is 2. The van der Waals surface area contributed by atoms with Crippen LogP contribution < -0.4 is 15.8 Å². The lowest BCUT2D eigenvalue weighted by molar-refractivity contribution is 0.369. The van der Waals surface area contributed by atoms with Gasteiger partial charge in [0.05, 0.1) is 5.69 Å². The van der Waals surface area contributed by atoms with Gasteiger partial charge in [0.15, 0.2) is 5.96 Å². The number of phenolic OH excluding ortho intramolecular Hbond substituents is 1. The number of aromatic hydroxyl groups is 1.